The Kier molecular flexibility index (Phi) is 10.6. The van der Waals surface area contributed by atoms with Crippen molar-refractivity contribution in [3.05, 3.63) is 114 Å². The zero-order valence-electron chi connectivity index (χ0n) is 26.9. The highest BCUT2D eigenvalue weighted by Crippen LogP contribution is 2.36. The van der Waals surface area contributed by atoms with Crippen LogP contribution >= 0.6 is 0 Å². The number of ether oxygens (including phenoxy) is 1. The molecule has 5 aromatic rings. The predicted octanol–water partition coefficient (Wildman–Crippen LogP) is 7.89. The molecular formula is C35H37F3N6O3Si. The topological polar surface area (TPSA) is 103 Å². The molecule has 2 N–H and O–H groups in total. The number of benzene rings is 3. The lowest BCUT2D eigenvalue weighted by Gasteiger charge is -2.15. The summed E-state index contributed by atoms with van der Waals surface area (Å²) in [4.78, 5) is 30.7. The number of nitrogens with zero attached hydrogens (tertiary/aromatic N) is 4. The number of hydrogen-bond acceptors (Lipinski definition) is 5. The highest BCUT2D eigenvalue weighted by molar-refractivity contribution is 6.76. The molecule has 2 aromatic heterocycles. The first-order valence-corrected chi connectivity index (χ1v) is 19.2. The Balaban J connectivity index is 1.34. The lowest BCUT2D eigenvalue weighted by Crippen LogP contribution is -2.22. The summed E-state index contributed by atoms with van der Waals surface area (Å²) in [5.41, 5.74) is 1.07. The standard InChI is InChI=1S/C35H37F3N6O3Si/c1-48(2,3)20-19-47-24-43-23-30(32(42-43)35(36,37)38)25-11-10-12-26(21-25)33(46)41-34-40-28(22-44(34)29-15-8-5-9-16-29)17-18-31(45)39-27-13-6-4-7-14-27/h4-16,21-23H,17-20,24H2,1-3H3,(H,39,45)(H,40,41,46). The van der Waals surface area contributed by atoms with Gasteiger partial charge in [-0.1, -0.05) is 68.2 Å². The molecule has 0 bridgehead atoms. The van der Waals surface area contributed by atoms with Crippen molar-refractivity contribution in [3.63, 3.8) is 0 Å². The van der Waals surface area contributed by atoms with Crippen LogP contribution in [0.25, 0.3) is 16.8 Å². The van der Waals surface area contributed by atoms with Crippen LogP contribution in [0.15, 0.2) is 97.3 Å². The fourth-order valence-electron chi connectivity index (χ4n) is 4.86. The predicted molar refractivity (Wildman–Crippen MR) is 182 cm³/mol. The summed E-state index contributed by atoms with van der Waals surface area (Å²) in [5, 5.41) is 9.42. The molecule has 9 nitrogen and oxygen atoms in total. The summed E-state index contributed by atoms with van der Waals surface area (Å²) < 4.78 is 50.6. The first-order chi connectivity index (χ1) is 22.9. The molecule has 0 aliphatic carbocycles. The molecule has 250 valence electrons. The first kappa shape index (κ1) is 34.3. The van der Waals surface area contributed by atoms with Gasteiger partial charge >= 0.3 is 6.18 Å². The van der Waals surface area contributed by atoms with E-state index < -0.39 is 25.9 Å². The Bertz CT molecular complexity index is 1850. The molecule has 2 amide bonds. The second-order valence-corrected chi connectivity index (χ2v) is 18.1. The number of imidazole rings is 1. The van der Waals surface area contributed by atoms with Crippen molar-refractivity contribution in [2.45, 2.75) is 51.4 Å². The van der Waals surface area contributed by atoms with Crippen molar-refractivity contribution >= 4 is 31.5 Å². The zero-order valence-corrected chi connectivity index (χ0v) is 27.9. The number of aromatic nitrogens is 4. The van der Waals surface area contributed by atoms with Crippen LogP contribution in [0.4, 0.5) is 24.8 Å². The van der Waals surface area contributed by atoms with E-state index in [2.05, 4.69) is 40.4 Å². The van der Waals surface area contributed by atoms with Crippen LogP contribution < -0.4 is 10.6 Å². The molecule has 0 spiro atoms. The number of halogens is 3. The number of carbonyl (C=O) groups is 2. The molecule has 3 aromatic carbocycles. The number of carbonyl (C=O) groups excluding carboxylic acids is 2. The lowest BCUT2D eigenvalue weighted by atomic mass is 10.0. The average molecular weight is 675 g/mol. The van der Waals surface area contributed by atoms with Crippen LogP contribution in [0.2, 0.25) is 25.7 Å². The van der Waals surface area contributed by atoms with Crippen molar-refractivity contribution in [2.24, 2.45) is 0 Å². The summed E-state index contributed by atoms with van der Waals surface area (Å²) in [7, 11) is -1.37. The summed E-state index contributed by atoms with van der Waals surface area (Å²) in [6, 6.07) is 25.1. The van der Waals surface area contributed by atoms with Crippen molar-refractivity contribution in [1.29, 1.82) is 0 Å². The number of amides is 2. The van der Waals surface area contributed by atoms with Crippen molar-refractivity contribution in [2.75, 3.05) is 17.2 Å². The second kappa shape index (κ2) is 14.8. The number of nitrogens with one attached hydrogen (secondary N) is 2. The first-order valence-electron chi connectivity index (χ1n) is 15.5. The van der Waals surface area contributed by atoms with Gasteiger partial charge in [-0.25, -0.2) is 9.67 Å². The molecular weight excluding hydrogens is 638 g/mol. The Morgan fingerprint density at radius 3 is 2.29 bits per heavy atom. The molecule has 48 heavy (non-hydrogen) atoms. The molecule has 0 saturated heterocycles. The van der Waals surface area contributed by atoms with Gasteiger partial charge in [0.2, 0.25) is 11.9 Å². The number of aryl methyl sites for hydroxylation is 1. The molecule has 0 radical (unpaired) electrons. The number of rotatable bonds is 13. The highest BCUT2D eigenvalue weighted by atomic mass is 28.3. The Morgan fingerprint density at radius 1 is 0.896 bits per heavy atom. The molecule has 0 saturated carbocycles. The maximum Gasteiger partial charge on any atom is 0.435 e. The van der Waals surface area contributed by atoms with E-state index >= 15 is 0 Å². The van der Waals surface area contributed by atoms with Gasteiger partial charge < -0.3 is 10.1 Å². The largest absolute Gasteiger partial charge is 0.435 e. The molecule has 0 unspecified atom stereocenters. The molecule has 13 heteroatoms. The van der Waals surface area contributed by atoms with E-state index in [9.17, 15) is 22.8 Å². The number of anilines is 2. The maximum absolute atomic E-state index is 14.0. The minimum Gasteiger partial charge on any atom is -0.360 e. The molecule has 0 aliphatic heterocycles. The zero-order chi connectivity index (χ0) is 34.3. The van der Waals surface area contributed by atoms with Gasteiger partial charge in [-0.2, -0.15) is 18.3 Å². The number of para-hydroxylation sites is 2. The monoisotopic (exact) mass is 674 g/mol. The lowest BCUT2D eigenvalue weighted by molar-refractivity contribution is -0.141. The van der Waals surface area contributed by atoms with Gasteiger partial charge in [0.1, 0.15) is 6.73 Å². The van der Waals surface area contributed by atoms with Crippen LogP contribution in [0.5, 0.6) is 0 Å². The molecule has 2 heterocycles. The average Bonchev–Trinajstić information content (AvgIpc) is 3.67. The molecule has 0 aliphatic rings. The van der Waals surface area contributed by atoms with Gasteiger partial charge in [-0.3, -0.25) is 19.5 Å². The van der Waals surface area contributed by atoms with Gasteiger partial charge in [-0.15, -0.1) is 0 Å². The fourth-order valence-corrected chi connectivity index (χ4v) is 5.61. The number of alkyl halides is 3. The summed E-state index contributed by atoms with van der Waals surface area (Å²) in [6.45, 7) is 6.88. The molecule has 0 fully saturated rings. The van der Waals surface area contributed by atoms with E-state index in [1.165, 1.54) is 30.5 Å². The van der Waals surface area contributed by atoms with E-state index in [0.29, 0.717) is 24.4 Å². The SMILES string of the molecule is C[Si](C)(C)CCOCn1cc(-c2cccc(C(=O)Nc3nc(CCC(=O)Nc4ccccc4)cn3-c3ccccc3)c2)c(C(F)(F)F)n1. The third-order valence-corrected chi connectivity index (χ3v) is 9.07. The van der Waals surface area contributed by atoms with Gasteiger partial charge in [0.25, 0.3) is 5.91 Å². The Hall–Kier alpha value is -5.01. The maximum atomic E-state index is 14.0. The van der Waals surface area contributed by atoms with Gasteiger partial charge in [0.15, 0.2) is 5.69 Å². The quantitative estimate of drug-likeness (QED) is 0.0977. The summed E-state index contributed by atoms with van der Waals surface area (Å²) in [6.07, 6.45) is -1.22. The molecule has 5 rings (SSSR count). The Morgan fingerprint density at radius 2 is 1.60 bits per heavy atom. The minimum absolute atomic E-state index is 0.119. The van der Waals surface area contributed by atoms with Gasteiger partial charge in [0, 0.05) is 62.4 Å². The van der Waals surface area contributed by atoms with Crippen LogP contribution in [-0.4, -0.2) is 45.8 Å². The summed E-state index contributed by atoms with van der Waals surface area (Å²) >= 11 is 0. The van der Waals surface area contributed by atoms with Crippen molar-refractivity contribution in [3.8, 4) is 16.8 Å². The number of hydrogen-bond donors (Lipinski definition) is 2. The van der Waals surface area contributed by atoms with Crippen molar-refractivity contribution in [1.82, 2.24) is 19.3 Å². The van der Waals surface area contributed by atoms with E-state index in [-0.39, 0.29) is 41.7 Å². The third-order valence-electron chi connectivity index (χ3n) is 7.37. The Labute approximate surface area is 277 Å². The van der Waals surface area contributed by atoms with E-state index in [1.54, 1.807) is 22.9 Å². The normalized spacial score (nSPS) is 11.8. The van der Waals surface area contributed by atoms with Crippen LogP contribution in [0.1, 0.15) is 28.2 Å². The van der Waals surface area contributed by atoms with Crippen LogP contribution in [0.3, 0.4) is 0 Å². The third kappa shape index (κ3) is 9.29. The van der Waals surface area contributed by atoms with Crippen LogP contribution in [-0.2, 0) is 28.9 Å². The molecule has 0 atom stereocenters. The highest BCUT2D eigenvalue weighted by Gasteiger charge is 2.37. The van der Waals surface area contributed by atoms with Crippen LogP contribution in [0, 0.1) is 0 Å². The summed E-state index contributed by atoms with van der Waals surface area (Å²) in [5.74, 6) is -0.546. The van der Waals surface area contributed by atoms with Crippen molar-refractivity contribution < 1.29 is 27.5 Å². The smallest absolute Gasteiger partial charge is 0.360 e. The van der Waals surface area contributed by atoms with E-state index in [1.807, 2.05) is 48.5 Å². The fraction of sp³-hybridized carbons (Fsp3) is 0.257. The minimum atomic E-state index is -4.72. The van der Waals surface area contributed by atoms with Gasteiger partial charge in [0.05, 0.1) is 5.69 Å². The van der Waals surface area contributed by atoms with E-state index in [4.69, 9.17) is 4.74 Å². The second-order valence-electron chi connectivity index (χ2n) is 12.5. The van der Waals surface area contributed by atoms with E-state index in [0.717, 1.165) is 16.4 Å². The van der Waals surface area contributed by atoms with Gasteiger partial charge in [-0.05, 0) is 48.0 Å².